The van der Waals surface area contributed by atoms with Crippen molar-refractivity contribution in [2.45, 2.75) is 43.2 Å². The molecule has 9 heteroatoms. The number of hydrogen-bond acceptors (Lipinski definition) is 6. The van der Waals surface area contributed by atoms with Crippen LogP contribution >= 0.6 is 11.6 Å². The number of morpholine rings is 1. The minimum absolute atomic E-state index is 0.0916. The molecule has 0 bridgehead atoms. The van der Waals surface area contributed by atoms with E-state index < -0.39 is 10.0 Å². The lowest BCUT2D eigenvalue weighted by molar-refractivity contribution is -0.0320. The number of nitrogens with zero attached hydrogens (tertiary/aromatic N) is 1. The summed E-state index contributed by atoms with van der Waals surface area (Å²) in [5.74, 6) is 0.169. The molecule has 2 heterocycles. The minimum atomic E-state index is -3.83. The molecule has 2 rings (SSSR count). The van der Waals surface area contributed by atoms with Crippen LogP contribution < -0.4 is 15.2 Å². The maximum Gasteiger partial charge on any atom is 0.239 e. The van der Waals surface area contributed by atoms with Gasteiger partial charge in [-0.1, -0.05) is 31.4 Å². The van der Waals surface area contributed by atoms with Crippen LogP contribution in [-0.2, 0) is 14.8 Å². The SMILES string of the molecule is CCCC[C@@H]1NCCOC1COc1ncc(S(N)(=O)=O)cc1Cl. The van der Waals surface area contributed by atoms with E-state index in [1.807, 2.05) is 0 Å². The molecule has 3 N–H and O–H groups in total. The van der Waals surface area contributed by atoms with Crippen LogP contribution in [0.4, 0.5) is 0 Å². The summed E-state index contributed by atoms with van der Waals surface area (Å²) < 4.78 is 33.9. The first kappa shape index (κ1) is 18.4. The van der Waals surface area contributed by atoms with Crippen LogP contribution in [-0.4, -0.2) is 45.3 Å². The van der Waals surface area contributed by atoms with E-state index in [1.54, 1.807) is 0 Å². The quantitative estimate of drug-likeness (QED) is 0.757. The highest BCUT2D eigenvalue weighted by Gasteiger charge is 2.26. The Morgan fingerprint density at radius 2 is 2.35 bits per heavy atom. The molecule has 1 fully saturated rings. The third-order valence-corrected chi connectivity index (χ3v) is 4.80. The van der Waals surface area contributed by atoms with Crippen LogP contribution in [0.2, 0.25) is 5.02 Å². The maximum atomic E-state index is 11.3. The summed E-state index contributed by atoms with van der Waals surface area (Å²) in [6.07, 6.45) is 4.28. The van der Waals surface area contributed by atoms with Crippen LogP contribution in [0, 0.1) is 0 Å². The fourth-order valence-corrected chi connectivity index (χ4v) is 3.18. The maximum absolute atomic E-state index is 11.3. The fraction of sp³-hybridized carbons (Fsp3) is 0.643. The van der Waals surface area contributed by atoms with Crippen LogP contribution in [0.3, 0.4) is 0 Å². The number of ether oxygens (including phenoxy) is 2. The number of hydrogen-bond donors (Lipinski definition) is 2. The Bertz CT molecular complexity index is 626. The number of nitrogens with two attached hydrogens (primary N) is 1. The second-order valence-electron chi connectivity index (χ2n) is 5.43. The smallest absolute Gasteiger partial charge is 0.239 e. The molecule has 0 spiro atoms. The van der Waals surface area contributed by atoms with E-state index in [0.717, 1.165) is 32.0 Å². The van der Waals surface area contributed by atoms with Gasteiger partial charge in [-0.3, -0.25) is 0 Å². The number of primary sulfonamides is 1. The van der Waals surface area contributed by atoms with Crippen LogP contribution in [0.25, 0.3) is 0 Å². The molecule has 1 aliphatic rings. The van der Waals surface area contributed by atoms with Crippen molar-refractivity contribution in [1.29, 1.82) is 0 Å². The number of rotatable bonds is 7. The van der Waals surface area contributed by atoms with E-state index in [1.165, 1.54) is 6.07 Å². The van der Waals surface area contributed by atoms with Gasteiger partial charge in [-0.25, -0.2) is 18.5 Å². The van der Waals surface area contributed by atoms with Crippen molar-refractivity contribution < 1.29 is 17.9 Å². The average molecular weight is 364 g/mol. The Kier molecular flexibility index (Phi) is 6.60. The number of halogens is 1. The Labute approximate surface area is 141 Å². The van der Waals surface area contributed by atoms with Gasteiger partial charge in [0.25, 0.3) is 0 Å². The van der Waals surface area contributed by atoms with Crippen molar-refractivity contribution in [2.24, 2.45) is 5.14 Å². The largest absolute Gasteiger partial charge is 0.474 e. The van der Waals surface area contributed by atoms with Gasteiger partial charge in [0.15, 0.2) is 0 Å². The molecule has 2 atom stereocenters. The minimum Gasteiger partial charge on any atom is -0.474 e. The van der Waals surface area contributed by atoms with Crippen molar-refractivity contribution in [3.8, 4) is 5.88 Å². The first-order valence-electron chi connectivity index (χ1n) is 7.58. The van der Waals surface area contributed by atoms with Gasteiger partial charge in [0.05, 0.1) is 12.8 Å². The zero-order chi connectivity index (χ0) is 16.9. The standard InChI is InChI=1S/C14H22ClN3O4S/c1-2-3-4-12-13(21-6-5-17-12)9-22-14-11(15)7-10(8-18-14)23(16,19)20/h7-8,12-13,17H,2-6,9H2,1H3,(H2,16,19,20)/t12-,13?/m0/s1. The number of pyridine rings is 1. The average Bonchev–Trinajstić information content (AvgIpc) is 2.51. The number of unbranched alkanes of at least 4 members (excludes halogenated alkanes) is 1. The number of aromatic nitrogens is 1. The van der Waals surface area contributed by atoms with Crippen molar-refractivity contribution >= 4 is 21.6 Å². The van der Waals surface area contributed by atoms with Crippen molar-refractivity contribution in [3.63, 3.8) is 0 Å². The summed E-state index contributed by atoms with van der Waals surface area (Å²) in [6.45, 7) is 3.89. The van der Waals surface area contributed by atoms with Gasteiger partial charge in [0.1, 0.15) is 22.6 Å². The predicted molar refractivity (Wildman–Crippen MR) is 87.2 cm³/mol. The van der Waals surface area contributed by atoms with E-state index in [4.69, 9.17) is 26.2 Å². The molecular formula is C14H22ClN3O4S. The molecular weight excluding hydrogens is 342 g/mol. The molecule has 1 aromatic heterocycles. The predicted octanol–water partition coefficient (Wildman–Crippen LogP) is 1.31. The van der Waals surface area contributed by atoms with E-state index in [2.05, 4.69) is 17.2 Å². The summed E-state index contributed by atoms with van der Waals surface area (Å²) in [5, 5.41) is 8.57. The molecule has 0 amide bonds. The molecule has 7 nitrogen and oxygen atoms in total. The highest BCUT2D eigenvalue weighted by atomic mass is 35.5. The summed E-state index contributed by atoms with van der Waals surface area (Å²) >= 11 is 6.01. The first-order valence-corrected chi connectivity index (χ1v) is 9.50. The summed E-state index contributed by atoms with van der Waals surface area (Å²) in [7, 11) is -3.83. The monoisotopic (exact) mass is 363 g/mol. The van der Waals surface area contributed by atoms with Crippen molar-refractivity contribution in [2.75, 3.05) is 19.8 Å². The summed E-state index contributed by atoms with van der Waals surface area (Å²) in [6, 6.07) is 1.46. The molecule has 130 valence electrons. The molecule has 0 saturated carbocycles. The van der Waals surface area contributed by atoms with Gasteiger partial charge in [-0.15, -0.1) is 0 Å². The molecule has 1 saturated heterocycles. The van der Waals surface area contributed by atoms with Crippen LogP contribution in [0.5, 0.6) is 5.88 Å². The molecule has 0 aromatic carbocycles. The number of sulfonamides is 1. The highest BCUT2D eigenvalue weighted by molar-refractivity contribution is 7.89. The molecule has 1 aliphatic heterocycles. The Morgan fingerprint density at radius 1 is 1.57 bits per heavy atom. The van der Waals surface area contributed by atoms with Gasteiger partial charge in [-0.05, 0) is 12.5 Å². The van der Waals surface area contributed by atoms with Gasteiger partial charge in [-0.2, -0.15) is 0 Å². The normalized spacial score (nSPS) is 22.0. The molecule has 0 aliphatic carbocycles. The van der Waals surface area contributed by atoms with Gasteiger partial charge in [0.2, 0.25) is 15.9 Å². The van der Waals surface area contributed by atoms with Crippen LogP contribution in [0.15, 0.2) is 17.2 Å². The molecule has 23 heavy (non-hydrogen) atoms. The molecule has 1 unspecified atom stereocenters. The molecule has 1 aromatic rings. The Hall–Kier alpha value is -0.930. The van der Waals surface area contributed by atoms with Gasteiger partial charge in [0, 0.05) is 12.6 Å². The second kappa shape index (κ2) is 8.25. The summed E-state index contributed by atoms with van der Waals surface area (Å²) in [5.41, 5.74) is 0. The number of nitrogens with one attached hydrogen (secondary N) is 1. The Balaban J connectivity index is 1.99. The zero-order valence-electron chi connectivity index (χ0n) is 13.0. The molecule has 0 radical (unpaired) electrons. The topological polar surface area (TPSA) is 104 Å². The summed E-state index contributed by atoms with van der Waals surface area (Å²) in [4.78, 5) is 3.78. The lowest BCUT2D eigenvalue weighted by Gasteiger charge is -2.32. The second-order valence-corrected chi connectivity index (χ2v) is 7.39. The Morgan fingerprint density at radius 3 is 3.00 bits per heavy atom. The van der Waals surface area contributed by atoms with Gasteiger partial charge < -0.3 is 14.8 Å². The lowest BCUT2D eigenvalue weighted by Crippen LogP contribution is -2.50. The first-order chi connectivity index (χ1) is 10.9. The fourth-order valence-electron chi connectivity index (χ4n) is 2.41. The van der Waals surface area contributed by atoms with E-state index in [0.29, 0.717) is 13.2 Å². The third-order valence-electron chi connectivity index (χ3n) is 3.65. The zero-order valence-corrected chi connectivity index (χ0v) is 14.6. The van der Waals surface area contributed by atoms with E-state index in [9.17, 15) is 8.42 Å². The van der Waals surface area contributed by atoms with E-state index >= 15 is 0 Å². The van der Waals surface area contributed by atoms with Gasteiger partial charge >= 0.3 is 0 Å². The third kappa shape index (κ3) is 5.29. The van der Waals surface area contributed by atoms with Crippen molar-refractivity contribution in [1.82, 2.24) is 10.3 Å². The highest BCUT2D eigenvalue weighted by Crippen LogP contribution is 2.24. The lowest BCUT2D eigenvalue weighted by atomic mass is 10.0. The van der Waals surface area contributed by atoms with Crippen LogP contribution in [0.1, 0.15) is 26.2 Å². The van der Waals surface area contributed by atoms with Crippen molar-refractivity contribution in [3.05, 3.63) is 17.3 Å². The van der Waals surface area contributed by atoms with E-state index in [-0.39, 0.29) is 27.9 Å².